The molecule has 0 fully saturated rings. The number of carbonyl (C=O) groups excluding carboxylic acids is 1. The van der Waals surface area contributed by atoms with Crippen molar-refractivity contribution in [1.82, 2.24) is 5.43 Å². The summed E-state index contributed by atoms with van der Waals surface area (Å²) in [4.78, 5) is 11.8. The number of nitrogens with one attached hydrogen (secondary N) is 1. The minimum absolute atomic E-state index is 0.0838. The Morgan fingerprint density at radius 1 is 1.12 bits per heavy atom. The summed E-state index contributed by atoms with van der Waals surface area (Å²) in [6.45, 7) is 5.99. The van der Waals surface area contributed by atoms with Crippen LogP contribution in [0.3, 0.4) is 0 Å². The molecule has 0 unspecified atom stereocenters. The van der Waals surface area contributed by atoms with E-state index in [-0.39, 0.29) is 12.5 Å². The number of amides is 1. The molecule has 0 spiro atoms. The predicted octanol–water partition coefficient (Wildman–Crippen LogP) is 3.31. The Morgan fingerprint density at radius 2 is 1.75 bits per heavy atom. The molecule has 0 atom stereocenters. The second-order valence-corrected chi connectivity index (χ2v) is 5.87. The molecule has 0 radical (unpaired) electrons. The van der Waals surface area contributed by atoms with Crippen LogP contribution < -0.4 is 15.9 Å². The Kier molecular flexibility index (Phi) is 5.95. The fraction of sp³-hybridized carbons (Fsp3) is 0.263. The third-order valence-electron chi connectivity index (χ3n) is 3.59. The highest BCUT2D eigenvalue weighted by molar-refractivity contribution is 5.99. The maximum Gasteiger partial charge on any atom is 0.277 e. The van der Waals surface area contributed by atoms with Crippen molar-refractivity contribution in [3.8, 4) is 5.75 Å². The van der Waals surface area contributed by atoms with Crippen molar-refractivity contribution in [3.05, 3.63) is 59.7 Å². The fourth-order valence-electron chi connectivity index (χ4n) is 2.07. The number of hydrazone groups is 1. The second kappa shape index (κ2) is 8.15. The number of nitrogen functional groups attached to an aromatic ring is 1. The lowest BCUT2D eigenvalue weighted by Crippen LogP contribution is -2.25. The van der Waals surface area contributed by atoms with Gasteiger partial charge in [-0.1, -0.05) is 38.1 Å². The first-order valence-electron chi connectivity index (χ1n) is 7.87. The molecule has 5 heteroatoms. The van der Waals surface area contributed by atoms with Crippen LogP contribution in [0.4, 0.5) is 5.69 Å². The zero-order valence-corrected chi connectivity index (χ0v) is 14.2. The van der Waals surface area contributed by atoms with Crippen molar-refractivity contribution in [2.75, 3.05) is 12.3 Å². The summed E-state index contributed by atoms with van der Waals surface area (Å²) in [6.07, 6.45) is 0. The van der Waals surface area contributed by atoms with Crippen LogP contribution in [-0.2, 0) is 4.79 Å². The minimum atomic E-state index is -0.308. The van der Waals surface area contributed by atoms with Crippen molar-refractivity contribution >= 4 is 17.3 Å². The Balaban J connectivity index is 1.84. The zero-order valence-electron chi connectivity index (χ0n) is 14.2. The first-order chi connectivity index (χ1) is 11.5. The lowest BCUT2D eigenvalue weighted by Gasteiger charge is -2.08. The van der Waals surface area contributed by atoms with Crippen LogP contribution in [0.2, 0.25) is 0 Å². The van der Waals surface area contributed by atoms with E-state index < -0.39 is 0 Å². The number of rotatable bonds is 6. The van der Waals surface area contributed by atoms with Gasteiger partial charge >= 0.3 is 0 Å². The van der Waals surface area contributed by atoms with Gasteiger partial charge in [-0.2, -0.15) is 5.10 Å². The Hall–Kier alpha value is -2.82. The maximum absolute atomic E-state index is 11.8. The lowest BCUT2D eigenvalue weighted by atomic mass is 10.0. The predicted molar refractivity (Wildman–Crippen MR) is 97.2 cm³/mol. The molecule has 0 aliphatic rings. The van der Waals surface area contributed by atoms with Crippen molar-refractivity contribution in [2.24, 2.45) is 5.10 Å². The normalized spacial score (nSPS) is 11.4. The summed E-state index contributed by atoms with van der Waals surface area (Å²) in [7, 11) is 0. The van der Waals surface area contributed by atoms with E-state index in [1.54, 1.807) is 12.1 Å². The zero-order chi connectivity index (χ0) is 17.5. The van der Waals surface area contributed by atoms with Gasteiger partial charge in [0.25, 0.3) is 5.91 Å². The van der Waals surface area contributed by atoms with Gasteiger partial charge in [-0.15, -0.1) is 0 Å². The molecule has 126 valence electrons. The van der Waals surface area contributed by atoms with E-state index in [2.05, 4.69) is 24.4 Å². The first kappa shape index (κ1) is 17.5. The molecule has 0 aliphatic heterocycles. The van der Waals surface area contributed by atoms with Gasteiger partial charge < -0.3 is 10.5 Å². The van der Waals surface area contributed by atoms with E-state index >= 15 is 0 Å². The smallest absolute Gasteiger partial charge is 0.277 e. The summed E-state index contributed by atoms with van der Waals surface area (Å²) in [5.41, 5.74) is 11.6. The summed E-state index contributed by atoms with van der Waals surface area (Å²) >= 11 is 0. The van der Waals surface area contributed by atoms with Gasteiger partial charge in [0, 0.05) is 5.69 Å². The second-order valence-electron chi connectivity index (χ2n) is 5.87. The van der Waals surface area contributed by atoms with E-state index in [1.807, 2.05) is 43.3 Å². The average molecular weight is 325 g/mol. The molecule has 0 saturated carbocycles. The topological polar surface area (TPSA) is 76.7 Å². The van der Waals surface area contributed by atoms with E-state index in [4.69, 9.17) is 10.5 Å². The van der Waals surface area contributed by atoms with Gasteiger partial charge in [0.05, 0.1) is 5.71 Å². The van der Waals surface area contributed by atoms with Gasteiger partial charge in [0.2, 0.25) is 0 Å². The molecule has 0 aliphatic carbocycles. The SMILES string of the molecule is C/C(=N\NC(=O)COc1ccc(C(C)C)cc1)c1ccc(N)cc1. The molecule has 2 aromatic carbocycles. The number of nitrogens with two attached hydrogens (primary N) is 1. The van der Waals surface area contributed by atoms with Crippen LogP contribution in [0.15, 0.2) is 53.6 Å². The summed E-state index contributed by atoms with van der Waals surface area (Å²) in [5, 5.41) is 4.07. The van der Waals surface area contributed by atoms with Crippen molar-refractivity contribution in [3.63, 3.8) is 0 Å². The third-order valence-corrected chi connectivity index (χ3v) is 3.59. The molecule has 0 aromatic heterocycles. The molecule has 1 amide bonds. The van der Waals surface area contributed by atoms with Crippen LogP contribution in [0.25, 0.3) is 0 Å². The molecular weight excluding hydrogens is 302 g/mol. The van der Waals surface area contributed by atoms with E-state index in [1.165, 1.54) is 5.56 Å². The average Bonchev–Trinajstić information content (AvgIpc) is 2.58. The Labute approximate surface area is 142 Å². The largest absolute Gasteiger partial charge is 0.484 e. The first-order valence-corrected chi connectivity index (χ1v) is 7.87. The number of nitrogens with zero attached hydrogens (tertiary/aromatic N) is 1. The molecule has 0 heterocycles. The van der Waals surface area contributed by atoms with Crippen molar-refractivity contribution < 1.29 is 9.53 Å². The summed E-state index contributed by atoms with van der Waals surface area (Å²) in [6, 6.07) is 15.0. The monoisotopic (exact) mass is 325 g/mol. The van der Waals surface area contributed by atoms with Crippen LogP contribution >= 0.6 is 0 Å². The van der Waals surface area contributed by atoms with Crippen LogP contribution in [0, 0.1) is 0 Å². The quantitative estimate of drug-likeness (QED) is 0.486. The number of anilines is 1. The third kappa shape index (κ3) is 5.12. The van der Waals surface area contributed by atoms with Crippen molar-refractivity contribution in [1.29, 1.82) is 0 Å². The Morgan fingerprint density at radius 3 is 2.33 bits per heavy atom. The molecule has 0 bridgehead atoms. The molecular formula is C19H23N3O2. The standard InChI is InChI=1S/C19H23N3O2/c1-13(2)15-6-10-18(11-7-15)24-12-19(23)22-21-14(3)16-4-8-17(20)9-5-16/h4-11,13H,12,20H2,1-3H3,(H,22,23)/b21-14+. The van der Waals surface area contributed by atoms with E-state index in [0.29, 0.717) is 23.1 Å². The minimum Gasteiger partial charge on any atom is -0.484 e. The Bertz CT molecular complexity index is 704. The molecule has 3 N–H and O–H groups in total. The van der Waals surface area contributed by atoms with Gasteiger partial charge in [-0.25, -0.2) is 5.43 Å². The van der Waals surface area contributed by atoms with Gasteiger partial charge in [0.1, 0.15) is 5.75 Å². The molecule has 2 rings (SSSR count). The summed E-state index contributed by atoms with van der Waals surface area (Å²) < 4.78 is 5.46. The van der Waals surface area contributed by atoms with Gasteiger partial charge in [-0.3, -0.25) is 4.79 Å². The number of hydrogen-bond donors (Lipinski definition) is 2. The fourth-order valence-corrected chi connectivity index (χ4v) is 2.07. The van der Waals surface area contributed by atoms with Gasteiger partial charge in [0.15, 0.2) is 6.61 Å². The van der Waals surface area contributed by atoms with Crippen LogP contribution in [-0.4, -0.2) is 18.2 Å². The molecule has 5 nitrogen and oxygen atoms in total. The highest BCUT2D eigenvalue weighted by Crippen LogP contribution is 2.18. The summed E-state index contributed by atoms with van der Waals surface area (Å²) in [5.74, 6) is 0.819. The van der Waals surface area contributed by atoms with Crippen molar-refractivity contribution in [2.45, 2.75) is 26.7 Å². The van der Waals surface area contributed by atoms with Crippen LogP contribution in [0.5, 0.6) is 5.75 Å². The number of ether oxygens (including phenoxy) is 1. The van der Waals surface area contributed by atoms with Crippen LogP contribution in [0.1, 0.15) is 37.8 Å². The number of hydrogen-bond acceptors (Lipinski definition) is 4. The van der Waals surface area contributed by atoms with Gasteiger partial charge in [-0.05, 0) is 48.2 Å². The number of benzene rings is 2. The van der Waals surface area contributed by atoms with E-state index in [0.717, 1.165) is 5.56 Å². The molecule has 2 aromatic rings. The van der Waals surface area contributed by atoms with E-state index in [9.17, 15) is 4.79 Å². The lowest BCUT2D eigenvalue weighted by molar-refractivity contribution is -0.123. The molecule has 0 saturated heterocycles. The highest BCUT2D eigenvalue weighted by atomic mass is 16.5. The molecule has 24 heavy (non-hydrogen) atoms. The number of carbonyl (C=O) groups is 1. The highest BCUT2D eigenvalue weighted by Gasteiger charge is 2.04. The maximum atomic E-state index is 11.8.